The fourth-order valence-electron chi connectivity index (χ4n) is 3.45. The van der Waals surface area contributed by atoms with Gasteiger partial charge in [-0.1, -0.05) is 6.07 Å². The van der Waals surface area contributed by atoms with Gasteiger partial charge in [0.1, 0.15) is 0 Å². The van der Waals surface area contributed by atoms with Crippen LogP contribution in [0.3, 0.4) is 0 Å². The molecule has 0 unspecified atom stereocenters. The van der Waals surface area contributed by atoms with E-state index < -0.39 is 0 Å². The molecule has 1 fully saturated rings. The van der Waals surface area contributed by atoms with Crippen molar-refractivity contribution in [3.05, 3.63) is 75.2 Å². The quantitative estimate of drug-likeness (QED) is 0.411. The van der Waals surface area contributed by atoms with E-state index in [-0.39, 0.29) is 5.91 Å². The van der Waals surface area contributed by atoms with E-state index in [2.05, 4.69) is 38.0 Å². The van der Waals surface area contributed by atoms with Gasteiger partial charge >= 0.3 is 0 Å². The van der Waals surface area contributed by atoms with Crippen molar-refractivity contribution in [1.29, 1.82) is 0 Å². The van der Waals surface area contributed by atoms with Gasteiger partial charge in [0.05, 0.1) is 16.6 Å². The monoisotopic (exact) mass is 495 g/mol. The number of hydrogen-bond donors (Lipinski definition) is 1. The van der Waals surface area contributed by atoms with Crippen LogP contribution in [0.25, 0.3) is 16.9 Å². The zero-order valence-electron chi connectivity index (χ0n) is 15.8. The molecule has 0 aliphatic heterocycles. The molecule has 1 aliphatic carbocycles. The fourth-order valence-corrected chi connectivity index (χ4v) is 3.81. The maximum atomic E-state index is 13.2. The van der Waals surface area contributed by atoms with Gasteiger partial charge in [-0.15, -0.1) is 0 Å². The number of nitrogens with one attached hydrogen (secondary N) is 1. The first kappa shape index (κ1) is 18.2. The number of halogens is 1. The first-order chi connectivity index (χ1) is 14.1. The first-order valence-electron chi connectivity index (χ1n) is 9.49. The second-order valence-corrected chi connectivity index (χ2v) is 8.46. The molecule has 1 N–H and O–H groups in total. The van der Waals surface area contributed by atoms with E-state index in [0.29, 0.717) is 22.9 Å². The van der Waals surface area contributed by atoms with Crippen LogP contribution >= 0.6 is 22.6 Å². The molecule has 144 valence electrons. The van der Waals surface area contributed by atoms with E-state index in [4.69, 9.17) is 4.98 Å². The van der Waals surface area contributed by atoms with Gasteiger partial charge in [0.2, 0.25) is 0 Å². The number of hydrogen-bond acceptors (Lipinski definition) is 4. The van der Waals surface area contributed by atoms with E-state index in [1.807, 2.05) is 55.5 Å². The fraction of sp³-hybridized carbons (Fsp3) is 0.182. The predicted octanol–water partition coefficient (Wildman–Crippen LogP) is 4.86. The van der Waals surface area contributed by atoms with Crippen LogP contribution in [-0.2, 0) is 0 Å². The number of amides is 1. The Kier molecular flexibility index (Phi) is 4.54. The van der Waals surface area contributed by atoms with Crippen molar-refractivity contribution < 1.29 is 4.79 Å². The van der Waals surface area contributed by atoms with Crippen molar-refractivity contribution in [3.63, 3.8) is 0 Å². The third-order valence-corrected chi connectivity index (χ3v) is 5.76. The summed E-state index contributed by atoms with van der Waals surface area (Å²) in [6.07, 6.45) is 3.94. The minimum absolute atomic E-state index is 0.149. The molecule has 0 atom stereocenters. The Balaban J connectivity index is 1.65. The Morgan fingerprint density at radius 2 is 1.97 bits per heavy atom. The highest BCUT2D eigenvalue weighted by molar-refractivity contribution is 14.1. The summed E-state index contributed by atoms with van der Waals surface area (Å²) in [5.41, 5.74) is 3.76. The lowest BCUT2D eigenvalue weighted by molar-refractivity contribution is 0.102. The Bertz CT molecular complexity index is 1210. The van der Waals surface area contributed by atoms with Crippen LogP contribution in [-0.4, -0.2) is 25.7 Å². The second-order valence-electron chi connectivity index (χ2n) is 7.21. The number of aromatic nitrogens is 4. The Labute approximate surface area is 181 Å². The summed E-state index contributed by atoms with van der Waals surface area (Å²) in [6, 6.07) is 15.4. The third-order valence-electron chi connectivity index (χ3n) is 5.04. The molecule has 7 heteroatoms. The minimum atomic E-state index is -0.149. The zero-order chi connectivity index (χ0) is 20.0. The zero-order valence-corrected chi connectivity index (χ0v) is 17.9. The summed E-state index contributed by atoms with van der Waals surface area (Å²) in [5.74, 6) is 0.955. The molecule has 1 aliphatic rings. The summed E-state index contributed by atoms with van der Waals surface area (Å²) in [5, 5.41) is 8.44. The van der Waals surface area contributed by atoms with E-state index in [1.54, 1.807) is 10.9 Å². The number of aryl methyl sites for hydroxylation is 1. The summed E-state index contributed by atoms with van der Waals surface area (Å²) >= 11 is 2.25. The molecule has 4 aromatic rings. The molecule has 0 bridgehead atoms. The summed E-state index contributed by atoms with van der Waals surface area (Å²) in [4.78, 5) is 22.5. The van der Waals surface area contributed by atoms with Crippen molar-refractivity contribution in [2.45, 2.75) is 25.7 Å². The van der Waals surface area contributed by atoms with E-state index in [1.165, 1.54) is 0 Å². The average Bonchev–Trinajstić information content (AvgIpc) is 3.54. The van der Waals surface area contributed by atoms with Crippen LogP contribution in [0.5, 0.6) is 0 Å². The molecular weight excluding hydrogens is 477 g/mol. The predicted molar refractivity (Wildman–Crippen MR) is 120 cm³/mol. The van der Waals surface area contributed by atoms with Crippen LogP contribution in [0.2, 0.25) is 0 Å². The van der Waals surface area contributed by atoms with Gasteiger partial charge in [0, 0.05) is 27.1 Å². The SMILES string of the molecule is Cc1nn(-c2ccccn2)c2nc(C3CC3)cc(C(=O)Nc3ccc(I)cc3)c12. The summed E-state index contributed by atoms with van der Waals surface area (Å²) in [7, 11) is 0. The topological polar surface area (TPSA) is 72.7 Å². The van der Waals surface area contributed by atoms with Crippen molar-refractivity contribution in [2.75, 3.05) is 5.32 Å². The molecule has 1 amide bonds. The Morgan fingerprint density at radius 1 is 1.17 bits per heavy atom. The standard InChI is InChI=1S/C22H18IN5O/c1-13-20-17(22(29)25-16-9-7-15(23)8-10-16)12-18(14-5-6-14)26-21(20)28(27-13)19-4-2-3-11-24-19/h2-4,7-12,14H,5-6H2,1H3,(H,25,29). The van der Waals surface area contributed by atoms with Crippen LogP contribution in [0.4, 0.5) is 5.69 Å². The van der Waals surface area contributed by atoms with E-state index in [9.17, 15) is 4.79 Å². The van der Waals surface area contributed by atoms with Gasteiger partial charge in [-0.3, -0.25) is 4.79 Å². The Hall–Kier alpha value is -2.81. The van der Waals surface area contributed by atoms with Crippen LogP contribution < -0.4 is 5.32 Å². The molecule has 0 saturated heterocycles. The molecule has 3 aromatic heterocycles. The minimum Gasteiger partial charge on any atom is -0.322 e. The van der Waals surface area contributed by atoms with Gasteiger partial charge in [-0.05, 0) is 84.8 Å². The van der Waals surface area contributed by atoms with Crippen molar-refractivity contribution in [2.24, 2.45) is 0 Å². The van der Waals surface area contributed by atoms with Gasteiger partial charge in [-0.2, -0.15) is 9.78 Å². The number of fused-ring (bicyclic) bond motifs is 1. The lowest BCUT2D eigenvalue weighted by Gasteiger charge is -2.09. The summed E-state index contributed by atoms with van der Waals surface area (Å²) < 4.78 is 2.86. The van der Waals surface area contributed by atoms with Gasteiger partial charge in [-0.25, -0.2) is 9.97 Å². The van der Waals surface area contributed by atoms with E-state index >= 15 is 0 Å². The second kappa shape index (κ2) is 7.22. The molecule has 0 radical (unpaired) electrons. The number of carbonyl (C=O) groups is 1. The van der Waals surface area contributed by atoms with Gasteiger partial charge in [0.25, 0.3) is 5.91 Å². The molecule has 29 heavy (non-hydrogen) atoms. The molecule has 3 heterocycles. The number of nitrogens with zero attached hydrogens (tertiary/aromatic N) is 4. The maximum Gasteiger partial charge on any atom is 0.256 e. The summed E-state index contributed by atoms with van der Waals surface area (Å²) in [6.45, 7) is 1.90. The van der Waals surface area contributed by atoms with Crippen LogP contribution in [0.1, 0.15) is 40.5 Å². The molecule has 5 rings (SSSR count). The van der Waals surface area contributed by atoms with E-state index in [0.717, 1.165) is 38.9 Å². The highest BCUT2D eigenvalue weighted by Crippen LogP contribution is 2.40. The lowest BCUT2D eigenvalue weighted by Crippen LogP contribution is -2.14. The molecule has 1 aromatic carbocycles. The number of rotatable bonds is 4. The Morgan fingerprint density at radius 3 is 2.66 bits per heavy atom. The van der Waals surface area contributed by atoms with Crippen molar-refractivity contribution >= 4 is 45.2 Å². The highest BCUT2D eigenvalue weighted by Gasteiger charge is 2.29. The smallest absolute Gasteiger partial charge is 0.256 e. The largest absolute Gasteiger partial charge is 0.322 e. The van der Waals surface area contributed by atoms with Crippen LogP contribution in [0.15, 0.2) is 54.7 Å². The maximum absolute atomic E-state index is 13.2. The number of anilines is 1. The van der Waals surface area contributed by atoms with Crippen molar-refractivity contribution in [1.82, 2.24) is 19.7 Å². The van der Waals surface area contributed by atoms with Crippen molar-refractivity contribution in [3.8, 4) is 5.82 Å². The number of benzene rings is 1. The number of carbonyl (C=O) groups excluding carboxylic acids is 1. The van der Waals surface area contributed by atoms with Gasteiger partial charge in [0.15, 0.2) is 11.5 Å². The average molecular weight is 495 g/mol. The number of pyridine rings is 2. The normalized spacial score (nSPS) is 13.6. The molecule has 1 saturated carbocycles. The highest BCUT2D eigenvalue weighted by atomic mass is 127. The molecular formula is C22H18IN5O. The first-order valence-corrected chi connectivity index (χ1v) is 10.6. The van der Waals surface area contributed by atoms with Gasteiger partial charge < -0.3 is 5.32 Å². The molecule has 6 nitrogen and oxygen atoms in total. The molecule has 0 spiro atoms. The van der Waals surface area contributed by atoms with Crippen LogP contribution in [0, 0.1) is 10.5 Å². The lowest BCUT2D eigenvalue weighted by atomic mass is 10.1. The third kappa shape index (κ3) is 3.50.